The van der Waals surface area contributed by atoms with Crippen LogP contribution in [0.1, 0.15) is 36.5 Å². The predicted octanol–water partition coefficient (Wildman–Crippen LogP) is 2.04. The van der Waals surface area contributed by atoms with Gasteiger partial charge in [-0.3, -0.25) is 0 Å². The molecule has 0 radical (unpaired) electrons. The average Bonchev–Trinajstić information content (AvgIpc) is 3.12. The van der Waals surface area contributed by atoms with Gasteiger partial charge in [0.15, 0.2) is 5.82 Å². The Labute approximate surface area is 146 Å². The quantitative estimate of drug-likeness (QED) is 0.918. The maximum atomic E-state index is 5.80. The van der Waals surface area contributed by atoms with Crippen LogP contribution in [0.15, 0.2) is 28.8 Å². The number of hydrogen-bond acceptors (Lipinski definition) is 6. The lowest BCUT2D eigenvalue weighted by Gasteiger charge is -2.34. The van der Waals surface area contributed by atoms with E-state index in [-0.39, 0.29) is 10.8 Å². The molecule has 0 unspecified atom stereocenters. The number of methoxy groups -OCH3 is 1. The van der Waals surface area contributed by atoms with E-state index < -0.39 is 0 Å². The standard InChI is InChI=1S/C19H23N3O3/c1-23-15-4-2-3-13(9-15)18(6-7-18)16-21-17(25-22-16)19-11-20-10-14(19)5-8-24-12-19/h2-4,9,14,20H,5-8,10-12H2,1H3/t14-,19+/m1/s1. The average molecular weight is 341 g/mol. The van der Waals surface area contributed by atoms with Gasteiger partial charge in [0.25, 0.3) is 0 Å². The van der Waals surface area contributed by atoms with Gasteiger partial charge in [0, 0.05) is 13.2 Å². The highest BCUT2D eigenvalue weighted by molar-refractivity contribution is 5.43. The first-order chi connectivity index (χ1) is 12.3. The highest BCUT2D eigenvalue weighted by atomic mass is 16.5. The Hall–Kier alpha value is -1.92. The molecular weight excluding hydrogens is 318 g/mol. The molecule has 1 N–H and O–H groups in total. The molecular formula is C19H23N3O3. The third-order valence-electron chi connectivity index (χ3n) is 6.24. The van der Waals surface area contributed by atoms with Crippen molar-refractivity contribution in [2.24, 2.45) is 5.92 Å². The van der Waals surface area contributed by atoms with Crippen molar-refractivity contribution in [3.05, 3.63) is 41.5 Å². The van der Waals surface area contributed by atoms with Crippen LogP contribution < -0.4 is 10.1 Å². The minimum Gasteiger partial charge on any atom is -0.497 e. The molecule has 2 atom stereocenters. The summed E-state index contributed by atoms with van der Waals surface area (Å²) in [5, 5.41) is 7.89. The molecule has 6 heteroatoms. The number of fused-ring (bicyclic) bond motifs is 1. The van der Waals surface area contributed by atoms with Crippen LogP contribution in [0, 0.1) is 5.92 Å². The molecule has 6 nitrogen and oxygen atoms in total. The molecule has 1 aromatic carbocycles. The molecule has 1 aromatic heterocycles. The zero-order valence-electron chi connectivity index (χ0n) is 14.5. The van der Waals surface area contributed by atoms with Crippen LogP contribution in [-0.2, 0) is 15.6 Å². The van der Waals surface area contributed by atoms with E-state index in [1.165, 1.54) is 5.56 Å². The van der Waals surface area contributed by atoms with Crippen molar-refractivity contribution in [1.82, 2.24) is 15.5 Å². The minimum atomic E-state index is -0.159. The van der Waals surface area contributed by atoms with Gasteiger partial charge in [-0.1, -0.05) is 17.3 Å². The normalized spacial score (nSPS) is 30.0. The Morgan fingerprint density at radius 2 is 2.24 bits per heavy atom. The number of rotatable bonds is 4. The molecule has 5 rings (SSSR count). The molecule has 1 aliphatic carbocycles. The summed E-state index contributed by atoms with van der Waals surface area (Å²) in [6.45, 7) is 3.34. The van der Waals surface area contributed by atoms with E-state index in [0.29, 0.717) is 12.5 Å². The van der Waals surface area contributed by atoms with E-state index in [4.69, 9.17) is 19.0 Å². The third-order valence-corrected chi connectivity index (χ3v) is 6.24. The van der Waals surface area contributed by atoms with Gasteiger partial charge in [-0.25, -0.2) is 0 Å². The molecule has 3 aliphatic rings. The van der Waals surface area contributed by atoms with Gasteiger partial charge in [-0.2, -0.15) is 4.98 Å². The number of benzene rings is 1. The van der Waals surface area contributed by atoms with Crippen molar-refractivity contribution in [3.63, 3.8) is 0 Å². The molecule has 3 fully saturated rings. The smallest absolute Gasteiger partial charge is 0.236 e. The Kier molecular flexibility index (Phi) is 3.40. The van der Waals surface area contributed by atoms with Gasteiger partial charge in [-0.05, 0) is 49.4 Å². The first-order valence-electron chi connectivity index (χ1n) is 9.05. The minimum absolute atomic E-state index is 0.121. The van der Waals surface area contributed by atoms with Crippen LogP contribution >= 0.6 is 0 Å². The number of ether oxygens (including phenoxy) is 2. The first kappa shape index (κ1) is 15.3. The Morgan fingerprint density at radius 1 is 1.32 bits per heavy atom. The summed E-state index contributed by atoms with van der Waals surface area (Å²) in [7, 11) is 1.70. The van der Waals surface area contributed by atoms with E-state index in [1.54, 1.807) is 7.11 Å². The monoisotopic (exact) mass is 341 g/mol. The van der Waals surface area contributed by atoms with Crippen molar-refractivity contribution in [2.75, 3.05) is 33.4 Å². The molecule has 1 saturated carbocycles. The maximum absolute atomic E-state index is 5.80. The van der Waals surface area contributed by atoms with Crippen molar-refractivity contribution < 1.29 is 14.0 Å². The number of aromatic nitrogens is 2. The van der Waals surface area contributed by atoms with Crippen molar-refractivity contribution in [3.8, 4) is 5.75 Å². The second kappa shape index (κ2) is 5.54. The van der Waals surface area contributed by atoms with Gasteiger partial charge in [0.05, 0.1) is 24.5 Å². The molecule has 0 bridgehead atoms. The molecule has 0 spiro atoms. The molecule has 25 heavy (non-hydrogen) atoms. The van der Waals surface area contributed by atoms with E-state index in [9.17, 15) is 0 Å². The fourth-order valence-corrected chi connectivity index (χ4v) is 4.46. The summed E-state index contributed by atoms with van der Waals surface area (Å²) in [6, 6.07) is 8.21. The number of nitrogens with zero attached hydrogens (tertiary/aromatic N) is 2. The second-order valence-electron chi connectivity index (χ2n) is 7.56. The van der Waals surface area contributed by atoms with Crippen LogP contribution in [-0.4, -0.2) is 43.6 Å². The molecule has 0 amide bonds. The maximum Gasteiger partial charge on any atom is 0.236 e. The van der Waals surface area contributed by atoms with Crippen LogP contribution in [0.5, 0.6) is 5.75 Å². The third kappa shape index (κ3) is 2.24. The second-order valence-corrected chi connectivity index (χ2v) is 7.56. The van der Waals surface area contributed by atoms with Gasteiger partial charge >= 0.3 is 0 Å². The fraction of sp³-hybridized carbons (Fsp3) is 0.579. The molecule has 2 saturated heterocycles. The summed E-state index contributed by atoms with van der Waals surface area (Å²) >= 11 is 0. The lowest BCUT2D eigenvalue weighted by Crippen LogP contribution is -2.44. The summed E-state index contributed by atoms with van der Waals surface area (Å²) in [4.78, 5) is 4.89. The Morgan fingerprint density at radius 3 is 3.08 bits per heavy atom. The Bertz CT molecular complexity index is 786. The van der Waals surface area contributed by atoms with Gasteiger partial charge in [-0.15, -0.1) is 0 Å². The summed E-state index contributed by atoms with van der Waals surface area (Å²) < 4.78 is 17.0. The Balaban J connectivity index is 1.50. The highest BCUT2D eigenvalue weighted by Gasteiger charge is 2.54. The zero-order valence-corrected chi connectivity index (χ0v) is 14.5. The van der Waals surface area contributed by atoms with Gasteiger partial charge in [0.1, 0.15) is 5.75 Å². The number of hydrogen-bond donors (Lipinski definition) is 1. The SMILES string of the molecule is COc1cccc(C2(c3noc([C@]45CNC[C@H]4CCOC5)n3)CC2)c1. The van der Waals surface area contributed by atoms with Crippen molar-refractivity contribution >= 4 is 0 Å². The first-order valence-corrected chi connectivity index (χ1v) is 9.05. The van der Waals surface area contributed by atoms with E-state index >= 15 is 0 Å². The molecule has 2 aromatic rings. The lowest BCUT2D eigenvalue weighted by molar-refractivity contribution is 0.00198. The topological polar surface area (TPSA) is 69.4 Å². The largest absolute Gasteiger partial charge is 0.497 e. The van der Waals surface area contributed by atoms with E-state index in [2.05, 4.69) is 22.6 Å². The van der Waals surface area contributed by atoms with E-state index in [1.807, 2.05) is 12.1 Å². The summed E-state index contributed by atoms with van der Waals surface area (Å²) in [5.74, 6) is 2.93. The van der Waals surface area contributed by atoms with Crippen molar-refractivity contribution in [1.29, 1.82) is 0 Å². The summed E-state index contributed by atoms with van der Waals surface area (Å²) in [6.07, 6.45) is 3.14. The molecule has 3 heterocycles. The molecule has 132 valence electrons. The van der Waals surface area contributed by atoms with Crippen LogP contribution in [0.25, 0.3) is 0 Å². The fourth-order valence-electron chi connectivity index (χ4n) is 4.46. The van der Waals surface area contributed by atoms with E-state index in [0.717, 1.165) is 56.4 Å². The van der Waals surface area contributed by atoms with Gasteiger partial charge in [0.2, 0.25) is 5.89 Å². The van der Waals surface area contributed by atoms with Crippen LogP contribution in [0.4, 0.5) is 0 Å². The number of nitrogens with one attached hydrogen (secondary N) is 1. The predicted molar refractivity (Wildman–Crippen MR) is 90.8 cm³/mol. The van der Waals surface area contributed by atoms with Crippen molar-refractivity contribution in [2.45, 2.75) is 30.1 Å². The lowest BCUT2D eigenvalue weighted by atomic mass is 9.75. The molecule has 2 aliphatic heterocycles. The zero-order chi connectivity index (χ0) is 16.9. The van der Waals surface area contributed by atoms with Gasteiger partial charge < -0.3 is 19.3 Å². The van der Waals surface area contributed by atoms with Crippen LogP contribution in [0.2, 0.25) is 0 Å². The highest BCUT2D eigenvalue weighted by Crippen LogP contribution is 2.53. The summed E-state index contributed by atoms with van der Waals surface area (Å²) in [5.41, 5.74) is 0.926. The van der Waals surface area contributed by atoms with Crippen LogP contribution in [0.3, 0.4) is 0 Å².